The van der Waals surface area contributed by atoms with Crippen LogP contribution in [0.2, 0.25) is 0 Å². The van der Waals surface area contributed by atoms with Crippen molar-refractivity contribution in [2.75, 3.05) is 0 Å². The summed E-state index contributed by atoms with van der Waals surface area (Å²) in [4.78, 5) is 11.9. The van der Waals surface area contributed by atoms with Gasteiger partial charge in [0.2, 0.25) is 0 Å². The van der Waals surface area contributed by atoms with Crippen molar-refractivity contribution < 1.29 is 24.9 Å². The highest BCUT2D eigenvalue weighted by molar-refractivity contribution is 6.04. The number of aliphatic hydroxyl groups excluding tert-OH is 1. The topological polar surface area (TPSA) is 89.8 Å². The van der Waals surface area contributed by atoms with Crippen LogP contribution in [0.15, 0.2) is 84.2 Å². The van der Waals surface area contributed by atoms with Crippen molar-refractivity contribution in [2.45, 2.75) is 6.10 Å². The fourth-order valence-electron chi connectivity index (χ4n) is 3.89. The molecule has 0 radical (unpaired) electrons. The summed E-state index contributed by atoms with van der Waals surface area (Å²) in [7, 11) is 0. The van der Waals surface area contributed by atoms with Crippen molar-refractivity contribution >= 4 is 22.3 Å². The fourth-order valence-corrected chi connectivity index (χ4v) is 3.89. The van der Waals surface area contributed by atoms with E-state index in [0.29, 0.717) is 28.2 Å². The molecule has 0 aromatic heterocycles. The maximum Gasteiger partial charge on any atom is 0.336 e. The molecule has 3 aromatic carbocycles. The summed E-state index contributed by atoms with van der Waals surface area (Å²) in [5.74, 6) is -0.128. The number of aromatic carboxylic acids is 1. The first-order chi connectivity index (χ1) is 14.0. The molecular formula is C24H15O5-. The molecule has 0 saturated heterocycles. The highest BCUT2D eigenvalue weighted by Crippen LogP contribution is 2.47. The number of hydrogen-bond acceptors (Lipinski definition) is 4. The molecular weight excluding hydrogens is 368 g/mol. The summed E-state index contributed by atoms with van der Waals surface area (Å²) < 4.78 is 6.15. The van der Waals surface area contributed by atoms with E-state index in [9.17, 15) is 20.1 Å². The van der Waals surface area contributed by atoms with Crippen LogP contribution >= 0.6 is 0 Å². The van der Waals surface area contributed by atoms with E-state index >= 15 is 0 Å². The zero-order valence-corrected chi connectivity index (χ0v) is 15.1. The standard InChI is InChI=1S/C24H16O5/c25-14-6-9-16-13(11-14)5-8-20-22(17-3-1-2-4-18(17)24(27)28)19-10-7-15(26)12-21(19)29-23(16)20/h1-12,15,25-26H,(H,27,28)/p-1. The third kappa shape index (κ3) is 2.71. The van der Waals surface area contributed by atoms with Crippen LogP contribution in [0.4, 0.5) is 0 Å². The smallest absolute Gasteiger partial charge is 0.336 e. The molecule has 5 heteroatoms. The monoisotopic (exact) mass is 383 g/mol. The number of carboxylic acid groups (broad SMARTS) is 1. The Kier molecular flexibility index (Phi) is 3.79. The van der Waals surface area contributed by atoms with E-state index in [1.807, 2.05) is 12.1 Å². The Bertz CT molecular complexity index is 1280. The van der Waals surface area contributed by atoms with E-state index in [0.717, 1.165) is 16.3 Å². The fraction of sp³-hybridized carbons (Fsp3) is 0.0417. The van der Waals surface area contributed by atoms with Gasteiger partial charge in [0.1, 0.15) is 11.5 Å². The molecule has 142 valence electrons. The first-order valence-corrected chi connectivity index (χ1v) is 9.10. The number of allylic oxidation sites excluding steroid dienone is 1. The number of ether oxygens (including phenoxy) is 1. The maximum atomic E-state index is 11.9. The summed E-state index contributed by atoms with van der Waals surface area (Å²) in [6, 6.07) is 15.2. The molecule has 0 amide bonds. The molecule has 1 aliphatic carbocycles. The molecule has 1 unspecified atom stereocenters. The number of carboxylic acids is 1. The molecule has 0 fully saturated rings. The second-order valence-electron chi connectivity index (χ2n) is 6.95. The lowest BCUT2D eigenvalue weighted by Crippen LogP contribution is -2.17. The van der Waals surface area contributed by atoms with Gasteiger partial charge in [0.15, 0.2) is 0 Å². The largest absolute Gasteiger partial charge is 0.872 e. The maximum absolute atomic E-state index is 11.9. The summed E-state index contributed by atoms with van der Waals surface area (Å²) in [5.41, 5.74) is 2.89. The second kappa shape index (κ2) is 6.36. The van der Waals surface area contributed by atoms with Crippen molar-refractivity contribution in [3.05, 3.63) is 101 Å². The van der Waals surface area contributed by atoms with Crippen molar-refractivity contribution in [1.29, 1.82) is 0 Å². The van der Waals surface area contributed by atoms with Gasteiger partial charge in [-0.05, 0) is 29.2 Å². The number of benzene rings is 3. The van der Waals surface area contributed by atoms with Gasteiger partial charge in [0.05, 0.1) is 11.7 Å². The Labute approximate surface area is 166 Å². The SMILES string of the molecule is O=C(O)c1ccccc1C1=C2C=CC(O)C=C2Oc2c1ccc1cc([O-])ccc21. The van der Waals surface area contributed by atoms with E-state index in [1.165, 1.54) is 12.1 Å². The van der Waals surface area contributed by atoms with Gasteiger partial charge in [-0.3, -0.25) is 0 Å². The molecule has 0 saturated carbocycles. The van der Waals surface area contributed by atoms with E-state index in [4.69, 9.17) is 4.74 Å². The van der Waals surface area contributed by atoms with Crippen LogP contribution in [0.25, 0.3) is 16.3 Å². The van der Waals surface area contributed by atoms with E-state index in [2.05, 4.69) is 0 Å². The number of aliphatic hydroxyl groups is 1. The Balaban J connectivity index is 1.88. The van der Waals surface area contributed by atoms with Crippen LogP contribution in [0.5, 0.6) is 11.5 Å². The lowest BCUT2D eigenvalue weighted by Gasteiger charge is -2.29. The first kappa shape index (κ1) is 17.3. The molecule has 1 atom stereocenters. The predicted octanol–water partition coefficient (Wildman–Crippen LogP) is 3.62. The molecule has 29 heavy (non-hydrogen) atoms. The normalized spacial score (nSPS) is 17.4. The molecule has 0 spiro atoms. The van der Waals surface area contributed by atoms with Crippen LogP contribution in [-0.4, -0.2) is 22.3 Å². The summed E-state index contributed by atoms with van der Waals surface area (Å²) in [5, 5.41) is 33.0. The van der Waals surface area contributed by atoms with Crippen LogP contribution in [0, 0.1) is 0 Å². The average molecular weight is 383 g/mol. The highest BCUT2D eigenvalue weighted by atomic mass is 16.5. The molecule has 1 heterocycles. The van der Waals surface area contributed by atoms with Gasteiger partial charge in [-0.1, -0.05) is 54.6 Å². The summed E-state index contributed by atoms with van der Waals surface area (Å²) in [6.45, 7) is 0. The Morgan fingerprint density at radius 1 is 1.03 bits per heavy atom. The predicted molar refractivity (Wildman–Crippen MR) is 107 cm³/mol. The van der Waals surface area contributed by atoms with Gasteiger partial charge >= 0.3 is 5.97 Å². The molecule has 1 aliphatic heterocycles. The molecule has 3 aromatic rings. The van der Waals surface area contributed by atoms with Crippen molar-refractivity contribution in [3.8, 4) is 11.5 Å². The van der Waals surface area contributed by atoms with Gasteiger partial charge in [0.25, 0.3) is 0 Å². The Morgan fingerprint density at radius 3 is 2.69 bits per heavy atom. The number of fused-ring (bicyclic) bond motifs is 4. The minimum atomic E-state index is -1.02. The summed E-state index contributed by atoms with van der Waals surface area (Å²) in [6.07, 6.45) is 4.17. The molecule has 0 bridgehead atoms. The van der Waals surface area contributed by atoms with E-state index in [1.54, 1.807) is 48.6 Å². The number of hydrogen-bond donors (Lipinski definition) is 2. The van der Waals surface area contributed by atoms with Gasteiger partial charge in [-0.2, -0.15) is 0 Å². The quantitative estimate of drug-likeness (QED) is 0.705. The van der Waals surface area contributed by atoms with Gasteiger partial charge in [0, 0.05) is 22.1 Å². The van der Waals surface area contributed by atoms with Crippen LogP contribution in [-0.2, 0) is 0 Å². The lowest BCUT2D eigenvalue weighted by atomic mass is 9.84. The van der Waals surface area contributed by atoms with Crippen LogP contribution < -0.4 is 9.84 Å². The number of rotatable bonds is 2. The third-order valence-electron chi connectivity index (χ3n) is 5.17. The van der Waals surface area contributed by atoms with E-state index in [-0.39, 0.29) is 11.3 Å². The zero-order valence-electron chi connectivity index (χ0n) is 15.1. The average Bonchev–Trinajstić information content (AvgIpc) is 2.71. The van der Waals surface area contributed by atoms with Crippen molar-refractivity contribution in [3.63, 3.8) is 0 Å². The molecule has 5 rings (SSSR count). The van der Waals surface area contributed by atoms with Gasteiger partial charge in [-0.15, -0.1) is 5.75 Å². The molecule has 2 aliphatic rings. The van der Waals surface area contributed by atoms with Crippen molar-refractivity contribution in [2.24, 2.45) is 0 Å². The van der Waals surface area contributed by atoms with Gasteiger partial charge in [-0.25, -0.2) is 4.79 Å². The van der Waals surface area contributed by atoms with Crippen LogP contribution in [0.1, 0.15) is 21.5 Å². The highest BCUT2D eigenvalue weighted by Gasteiger charge is 2.29. The lowest BCUT2D eigenvalue weighted by molar-refractivity contribution is -0.268. The molecule has 2 N–H and O–H groups in total. The summed E-state index contributed by atoms with van der Waals surface area (Å²) >= 11 is 0. The number of carbonyl (C=O) groups is 1. The van der Waals surface area contributed by atoms with Crippen molar-refractivity contribution in [1.82, 2.24) is 0 Å². The minimum absolute atomic E-state index is 0.101. The minimum Gasteiger partial charge on any atom is -0.872 e. The molecule has 5 nitrogen and oxygen atoms in total. The zero-order chi connectivity index (χ0) is 20.1. The third-order valence-corrected chi connectivity index (χ3v) is 5.17. The Hall–Kier alpha value is -3.83. The second-order valence-corrected chi connectivity index (χ2v) is 6.95. The van der Waals surface area contributed by atoms with E-state index < -0.39 is 12.1 Å². The van der Waals surface area contributed by atoms with Gasteiger partial charge < -0.3 is 20.1 Å². The van der Waals surface area contributed by atoms with Crippen LogP contribution in [0.3, 0.4) is 0 Å². The first-order valence-electron chi connectivity index (χ1n) is 9.10. The Morgan fingerprint density at radius 2 is 1.86 bits per heavy atom.